The summed E-state index contributed by atoms with van der Waals surface area (Å²) < 4.78 is 8.73. The zero-order chi connectivity index (χ0) is 36.7. The van der Waals surface area contributed by atoms with Gasteiger partial charge in [-0.25, -0.2) is 9.78 Å². The number of hydrogen-bond acceptors (Lipinski definition) is 11. The molecule has 3 N–H and O–H groups in total. The number of fused-ring (bicyclic) bond motifs is 2. The first-order chi connectivity index (χ1) is 25.0. The van der Waals surface area contributed by atoms with E-state index in [2.05, 4.69) is 48.9 Å². The molecule has 2 aliphatic rings. The predicted molar refractivity (Wildman–Crippen MR) is 199 cm³/mol. The molecule has 0 bridgehead atoms. The predicted octanol–water partition coefficient (Wildman–Crippen LogP) is 3.29. The standard InChI is InChI=1S/C35H38ClN11O5/c1-37-30(49)19-52-28-16-20-15-21(5-8-26(20)44(3)33(28)50)39-31-25(36)18-38-34(41-31)46-12-9-22(10-13-46)43(2)23-6-7-24-27(17-23)45(4)42-32(24)47-14-11-29(48)40-35(47)51/h5-8,15-18,22H,9-14,19H2,1-4H3,(H,37,49)(H,38,39,41)(H,40,48,51). The van der Waals surface area contributed by atoms with Crippen molar-refractivity contribution in [1.29, 1.82) is 0 Å². The topological polar surface area (TPSA) is 172 Å². The third-order valence-electron chi connectivity index (χ3n) is 9.65. The quantitative estimate of drug-likeness (QED) is 0.204. The van der Waals surface area contributed by atoms with Gasteiger partial charge in [-0.05, 0) is 55.3 Å². The molecular formula is C35H38ClN11O5. The number of aryl methyl sites for hydroxylation is 2. The van der Waals surface area contributed by atoms with E-state index in [1.807, 2.05) is 37.4 Å². The number of benzene rings is 2. The molecule has 0 atom stereocenters. The Morgan fingerprint density at radius 2 is 1.85 bits per heavy atom. The summed E-state index contributed by atoms with van der Waals surface area (Å²) in [4.78, 5) is 63.8. The minimum absolute atomic E-state index is 0.0711. The Morgan fingerprint density at radius 3 is 2.60 bits per heavy atom. The third-order valence-corrected chi connectivity index (χ3v) is 9.93. The lowest BCUT2D eigenvalue weighted by molar-refractivity contribution is -0.122. The molecule has 0 unspecified atom stereocenters. The maximum absolute atomic E-state index is 12.8. The molecule has 0 spiro atoms. The number of imide groups is 1. The molecule has 52 heavy (non-hydrogen) atoms. The fraction of sp³-hybridized carbons (Fsp3) is 0.343. The van der Waals surface area contributed by atoms with E-state index in [1.54, 1.807) is 24.0 Å². The van der Waals surface area contributed by atoms with Gasteiger partial charge in [-0.2, -0.15) is 10.1 Å². The Hall–Kier alpha value is -5.90. The van der Waals surface area contributed by atoms with Crippen LogP contribution in [0.25, 0.3) is 21.8 Å². The lowest BCUT2D eigenvalue weighted by Crippen LogP contribution is -2.49. The van der Waals surface area contributed by atoms with Crippen LogP contribution in [-0.4, -0.2) is 88.5 Å². The third kappa shape index (κ3) is 6.64. The lowest BCUT2D eigenvalue weighted by Gasteiger charge is -2.38. The zero-order valence-corrected chi connectivity index (χ0v) is 29.9. The van der Waals surface area contributed by atoms with Crippen LogP contribution in [0.2, 0.25) is 5.02 Å². The van der Waals surface area contributed by atoms with Crippen molar-refractivity contribution in [1.82, 2.24) is 34.9 Å². The number of nitrogens with zero attached hydrogens (tertiary/aromatic N) is 8. The van der Waals surface area contributed by atoms with Crippen LogP contribution < -0.4 is 40.9 Å². The fourth-order valence-electron chi connectivity index (χ4n) is 6.66. The van der Waals surface area contributed by atoms with Crippen molar-refractivity contribution in [3.63, 3.8) is 0 Å². The molecule has 5 aromatic rings. The van der Waals surface area contributed by atoms with Crippen molar-refractivity contribution < 1.29 is 19.1 Å². The largest absolute Gasteiger partial charge is 0.478 e. The summed E-state index contributed by atoms with van der Waals surface area (Å²) in [6.45, 7) is 1.49. The number of hydrogen-bond donors (Lipinski definition) is 3. The van der Waals surface area contributed by atoms with E-state index in [0.717, 1.165) is 47.9 Å². The monoisotopic (exact) mass is 727 g/mol. The minimum atomic E-state index is -0.458. The van der Waals surface area contributed by atoms with Gasteiger partial charge in [-0.15, -0.1) is 0 Å². The van der Waals surface area contributed by atoms with Crippen molar-refractivity contribution in [2.45, 2.75) is 25.3 Å². The van der Waals surface area contributed by atoms with Gasteiger partial charge in [0.1, 0.15) is 5.02 Å². The van der Waals surface area contributed by atoms with E-state index in [0.29, 0.717) is 33.8 Å². The summed E-state index contributed by atoms with van der Waals surface area (Å²) in [7, 11) is 7.09. The second kappa shape index (κ2) is 14.0. The lowest BCUT2D eigenvalue weighted by atomic mass is 10.0. The average molecular weight is 728 g/mol. The highest BCUT2D eigenvalue weighted by atomic mass is 35.5. The molecular weight excluding hydrogens is 690 g/mol. The summed E-state index contributed by atoms with van der Waals surface area (Å²) in [6, 6.07) is 13.0. The van der Waals surface area contributed by atoms with Crippen LogP contribution in [0.3, 0.4) is 0 Å². The molecule has 2 aromatic carbocycles. The molecule has 3 aromatic heterocycles. The summed E-state index contributed by atoms with van der Waals surface area (Å²) in [6.07, 6.45) is 3.56. The number of carbonyl (C=O) groups is 3. The fourth-order valence-corrected chi connectivity index (χ4v) is 6.80. The van der Waals surface area contributed by atoms with Crippen molar-refractivity contribution >= 4 is 80.2 Å². The number of pyridine rings is 1. The zero-order valence-electron chi connectivity index (χ0n) is 29.1. The molecule has 0 radical (unpaired) electrons. The van der Waals surface area contributed by atoms with E-state index in [9.17, 15) is 19.2 Å². The Balaban J connectivity index is 1.03. The molecule has 2 aliphatic heterocycles. The van der Waals surface area contributed by atoms with E-state index in [1.165, 1.54) is 16.5 Å². The minimum Gasteiger partial charge on any atom is -0.478 e. The maximum atomic E-state index is 12.8. The molecule has 4 amide bonds. The van der Waals surface area contributed by atoms with Gasteiger partial charge in [-0.1, -0.05) is 11.6 Å². The van der Waals surface area contributed by atoms with Gasteiger partial charge in [0.05, 0.1) is 17.2 Å². The van der Waals surface area contributed by atoms with Crippen molar-refractivity contribution in [3.05, 3.63) is 64.0 Å². The Bertz CT molecular complexity index is 2280. The van der Waals surface area contributed by atoms with Gasteiger partial charge in [-0.3, -0.25) is 29.3 Å². The summed E-state index contributed by atoms with van der Waals surface area (Å²) in [5, 5.41) is 14.7. The first-order valence-electron chi connectivity index (χ1n) is 16.8. The van der Waals surface area contributed by atoms with Gasteiger partial charge < -0.3 is 29.7 Å². The summed E-state index contributed by atoms with van der Waals surface area (Å²) >= 11 is 6.54. The van der Waals surface area contributed by atoms with Crippen LogP contribution in [-0.2, 0) is 23.7 Å². The Kier molecular flexibility index (Phi) is 9.31. The molecule has 2 fully saturated rings. The molecule has 0 saturated carbocycles. The molecule has 7 rings (SSSR count). The highest BCUT2D eigenvalue weighted by molar-refractivity contribution is 6.33. The number of likely N-dealkylation sites (N-methyl/N-ethyl adjacent to an activating group) is 1. The van der Waals surface area contributed by atoms with Crippen LogP contribution in [0.4, 0.5) is 33.8 Å². The molecule has 270 valence electrons. The molecule has 5 heterocycles. The van der Waals surface area contributed by atoms with Crippen LogP contribution in [0.15, 0.2) is 53.5 Å². The van der Waals surface area contributed by atoms with Crippen molar-refractivity contribution in [2.24, 2.45) is 14.1 Å². The first-order valence-corrected chi connectivity index (χ1v) is 17.2. The number of ether oxygens (including phenoxy) is 1. The van der Waals surface area contributed by atoms with E-state index >= 15 is 0 Å². The number of rotatable bonds is 9. The van der Waals surface area contributed by atoms with Gasteiger partial charge in [0, 0.05) is 82.4 Å². The van der Waals surface area contributed by atoms with E-state index in [-0.39, 0.29) is 48.7 Å². The number of halogens is 1. The first kappa shape index (κ1) is 34.5. The Morgan fingerprint density at radius 1 is 1.06 bits per heavy atom. The number of anilines is 5. The SMILES string of the molecule is CNC(=O)COc1cc2cc(Nc3nc(N4CCC(N(C)c5ccc6c(N7CCC(=O)NC7=O)nn(C)c6c5)CC4)ncc3Cl)ccc2n(C)c1=O. The second-order valence-electron chi connectivity index (χ2n) is 12.8. The van der Waals surface area contributed by atoms with E-state index in [4.69, 9.17) is 21.3 Å². The number of nitrogens with one attached hydrogen (secondary N) is 3. The molecule has 0 aliphatic carbocycles. The van der Waals surface area contributed by atoms with Gasteiger partial charge >= 0.3 is 6.03 Å². The van der Waals surface area contributed by atoms with Crippen LogP contribution in [0.1, 0.15) is 19.3 Å². The van der Waals surface area contributed by atoms with E-state index < -0.39 is 6.03 Å². The van der Waals surface area contributed by atoms with Crippen LogP contribution >= 0.6 is 11.6 Å². The Labute approximate surface area is 303 Å². The normalized spacial score (nSPS) is 15.2. The number of amides is 4. The van der Waals surface area contributed by atoms with Gasteiger partial charge in [0.25, 0.3) is 11.5 Å². The van der Waals surface area contributed by atoms with Gasteiger partial charge in [0.2, 0.25) is 11.9 Å². The van der Waals surface area contributed by atoms with Gasteiger partial charge in [0.15, 0.2) is 24.0 Å². The highest BCUT2D eigenvalue weighted by Gasteiger charge is 2.29. The second-order valence-corrected chi connectivity index (χ2v) is 13.2. The smallest absolute Gasteiger partial charge is 0.329 e. The molecule has 16 nitrogen and oxygen atoms in total. The molecule has 17 heteroatoms. The van der Waals surface area contributed by atoms with Crippen molar-refractivity contribution in [3.8, 4) is 5.75 Å². The number of piperidine rings is 1. The maximum Gasteiger partial charge on any atom is 0.329 e. The summed E-state index contributed by atoms with van der Waals surface area (Å²) in [5.41, 5.74) is 2.97. The van der Waals surface area contributed by atoms with Crippen molar-refractivity contribution in [2.75, 3.05) is 60.4 Å². The van der Waals surface area contributed by atoms with Crippen LogP contribution in [0.5, 0.6) is 5.75 Å². The molecule has 2 saturated heterocycles. The van der Waals surface area contributed by atoms with Crippen LogP contribution in [0, 0.1) is 0 Å². The number of urea groups is 1. The average Bonchev–Trinajstić information content (AvgIpc) is 3.47. The number of carbonyl (C=O) groups excluding carboxylic acids is 3. The number of aromatic nitrogens is 5. The highest BCUT2D eigenvalue weighted by Crippen LogP contribution is 2.33. The summed E-state index contributed by atoms with van der Waals surface area (Å²) in [5.74, 6) is 0.995.